The molecule has 0 atom stereocenters. The van der Waals surface area contributed by atoms with Crippen molar-refractivity contribution in [2.45, 2.75) is 20.3 Å². The molecule has 1 aromatic rings. The van der Waals surface area contributed by atoms with Gasteiger partial charge >= 0.3 is 0 Å². The summed E-state index contributed by atoms with van der Waals surface area (Å²) >= 11 is 0. The van der Waals surface area contributed by atoms with Gasteiger partial charge in [-0.25, -0.2) is 0 Å². The Morgan fingerprint density at radius 3 is 2.50 bits per heavy atom. The number of amides is 1. The third kappa shape index (κ3) is 3.50. The molecular formula is C10H19ClN4O. The van der Waals surface area contributed by atoms with Crippen molar-refractivity contribution in [2.75, 3.05) is 18.9 Å². The van der Waals surface area contributed by atoms with E-state index < -0.39 is 0 Å². The second-order valence-electron chi connectivity index (χ2n) is 3.58. The van der Waals surface area contributed by atoms with E-state index in [-0.39, 0.29) is 18.3 Å². The first kappa shape index (κ1) is 14.9. The van der Waals surface area contributed by atoms with Gasteiger partial charge in [0, 0.05) is 25.6 Å². The molecule has 16 heavy (non-hydrogen) atoms. The molecule has 0 saturated heterocycles. The lowest BCUT2D eigenvalue weighted by atomic mass is 10.2. The van der Waals surface area contributed by atoms with Crippen LogP contribution in [0.15, 0.2) is 0 Å². The number of hydrogen-bond donors (Lipinski definition) is 2. The number of carbonyl (C=O) groups excluding carboxylic acids is 1. The molecule has 5 nitrogen and oxygen atoms in total. The molecule has 0 saturated carbocycles. The summed E-state index contributed by atoms with van der Waals surface area (Å²) in [7, 11) is 3.65. The number of halogens is 1. The van der Waals surface area contributed by atoms with E-state index in [1.807, 2.05) is 27.9 Å². The molecule has 1 amide bonds. The van der Waals surface area contributed by atoms with E-state index in [2.05, 4.69) is 15.7 Å². The Hall–Kier alpha value is -1.07. The van der Waals surface area contributed by atoms with Gasteiger partial charge < -0.3 is 10.6 Å². The molecule has 0 aliphatic rings. The molecule has 0 aromatic carbocycles. The first-order valence-electron chi connectivity index (χ1n) is 5.01. The molecule has 0 aliphatic carbocycles. The maximum atomic E-state index is 11.5. The summed E-state index contributed by atoms with van der Waals surface area (Å²) in [6.45, 7) is 4.57. The number of rotatable bonds is 4. The zero-order chi connectivity index (χ0) is 11.4. The summed E-state index contributed by atoms with van der Waals surface area (Å²) in [5.41, 5.74) is 1.97. The lowest BCUT2D eigenvalue weighted by Crippen LogP contribution is -2.20. The summed E-state index contributed by atoms with van der Waals surface area (Å²) in [4.78, 5) is 11.5. The van der Waals surface area contributed by atoms with Gasteiger partial charge in [-0.1, -0.05) is 0 Å². The standard InChI is InChI=1S/C10H18N4O.ClH/c1-7-8(2)13-14(4)10(7)12-9(15)5-6-11-3;/h11H,5-6H2,1-4H3,(H,12,15);1H. The highest BCUT2D eigenvalue weighted by Gasteiger charge is 2.11. The monoisotopic (exact) mass is 246 g/mol. The molecule has 0 bridgehead atoms. The Labute approximate surface area is 102 Å². The van der Waals surface area contributed by atoms with E-state index in [0.717, 1.165) is 17.1 Å². The normalized spacial score (nSPS) is 9.75. The predicted octanol–water partition coefficient (Wildman–Crippen LogP) is 1.01. The molecule has 0 radical (unpaired) electrons. The van der Waals surface area contributed by atoms with Crippen LogP contribution in [-0.2, 0) is 11.8 Å². The number of nitrogens with one attached hydrogen (secondary N) is 2. The highest BCUT2D eigenvalue weighted by molar-refractivity contribution is 5.90. The largest absolute Gasteiger partial charge is 0.319 e. The van der Waals surface area contributed by atoms with Crippen LogP contribution in [0.2, 0.25) is 0 Å². The van der Waals surface area contributed by atoms with Crippen molar-refractivity contribution in [1.29, 1.82) is 0 Å². The third-order valence-corrected chi connectivity index (χ3v) is 2.38. The topological polar surface area (TPSA) is 59.0 Å². The number of aromatic nitrogens is 2. The number of aryl methyl sites for hydroxylation is 2. The van der Waals surface area contributed by atoms with Crippen molar-refractivity contribution in [3.63, 3.8) is 0 Å². The molecule has 92 valence electrons. The minimum absolute atomic E-state index is 0. The van der Waals surface area contributed by atoms with Crippen LogP contribution in [0.5, 0.6) is 0 Å². The van der Waals surface area contributed by atoms with Gasteiger partial charge in [0.05, 0.1) is 5.69 Å². The minimum Gasteiger partial charge on any atom is -0.319 e. The van der Waals surface area contributed by atoms with Crippen molar-refractivity contribution in [3.8, 4) is 0 Å². The molecule has 0 fully saturated rings. The Kier molecular flexibility index (Phi) is 6.06. The smallest absolute Gasteiger partial charge is 0.226 e. The van der Waals surface area contributed by atoms with Gasteiger partial charge in [-0.3, -0.25) is 9.48 Å². The summed E-state index contributed by atoms with van der Waals surface area (Å²) in [6, 6.07) is 0. The van der Waals surface area contributed by atoms with Crippen LogP contribution in [0.1, 0.15) is 17.7 Å². The van der Waals surface area contributed by atoms with Gasteiger partial charge in [0.2, 0.25) is 5.91 Å². The molecule has 1 heterocycles. The van der Waals surface area contributed by atoms with Crippen LogP contribution < -0.4 is 10.6 Å². The summed E-state index contributed by atoms with van der Waals surface area (Å²) in [6.07, 6.45) is 0.472. The SMILES string of the molecule is CNCCC(=O)Nc1c(C)c(C)nn1C.Cl. The maximum Gasteiger partial charge on any atom is 0.226 e. The second-order valence-corrected chi connectivity index (χ2v) is 3.58. The average molecular weight is 247 g/mol. The first-order chi connectivity index (χ1) is 7.06. The van der Waals surface area contributed by atoms with E-state index in [0.29, 0.717) is 13.0 Å². The predicted molar refractivity (Wildman–Crippen MR) is 67.1 cm³/mol. The fraction of sp³-hybridized carbons (Fsp3) is 0.600. The van der Waals surface area contributed by atoms with Crippen LogP contribution in [-0.4, -0.2) is 29.3 Å². The van der Waals surface area contributed by atoms with Gasteiger partial charge in [0.15, 0.2) is 0 Å². The molecule has 1 rings (SSSR count). The van der Waals surface area contributed by atoms with Crippen molar-refractivity contribution in [2.24, 2.45) is 7.05 Å². The quantitative estimate of drug-likeness (QED) is 0.834. The van der Waals surface area contributed by atoms with E-state index in [1.54, 1.807) is 4.68 Å². The molecule has 1 aromatic heterocycles. The fourth-order valence-corrected chi connectivity index (χ4v) is 1.37. The van der Waals surface area contributed by atoms with Crippen molar-refractivity contribution in [3.05, 3.63) is 11.3 Å². The van der Waals surface area contributed by atoms with E-state index in [1.165, 1.54) is 0 Å². The van der Waals surface area contributed by atoms with E-state index in [9.17, 15) is 4.79 Å². The minimum atomic E-state index is 0. The van der Waals surface area contributed by atoms with Crippen molar-refractivity contribution < 1.29 is 4.79 Å². The highest BCUT2D eigenvalue weighted by atomic mass is 35.5. The Bertz CT molecular complexity index is 362. The number of carbonyl (C=O) groups is 1. The lowest BCUT2D eigenvalue weighted by Gasteiger charge is -2.06. The molecular weight excluding hydrogens is 228 g/mol. The Morgan fingerprint density at radius 2 is 2.06 bits per heavy atom. The third-order valence-electron chi connectivity index (χ3n) is 2.38. The van der Waals surface area contributed by atoms with Crippen LogP contribution in [0, 0.1) is 13.8 Å². The summed E-state index contributed by atoms with van der Waals surface area (Å²) in [5, 5.41) is 10.0. The van der Waals surface area contributed by atoms with E-state index >= 15 is 0 Å². The zero-order valence-corrected chi connectivity index (χ0v) is 10.9. The van der Waals surface area contributed by atoms with Gasteiger partial charge in [0.25, 0.3) is 0 Å². The second kappa shape index (κ2) is 6.50. The molecule has 6 heteroatoms. The van der Waals surface area contributed by atoms with Gasteiger partial charge in [-0.2, -0.15) is 5.10 Å². The summed E-state index contributed by atoms with van der Waals surface area (Å²) in [5.74, 6) is 0.795. The van der Waals surface area contributed by atoms with Crippen molar-refractivity contribution >= 4 is 24.1 Å². The number of nitrogens with zero attached hydrogens (tertiary/aromatic N) is 2. The van der Waals surface area contributed by atoms with Gasteiger partial charge in [0.1, 0.15) is 5.82 Å². The number of hydrogen-bond acceptors (Lipinski definition) is 3. The molecule has 0 aliphatic heterocycles. The maximum absolute atomic E-state index is 11.5. The van der Waals surface area contributed by atoms with E-state index in [4.69, 9.17) is 0 Å². The molecule has 2 N–H and O–H groups in total. The van der Waals surface area contributed by atoms with Gasteiger partial charge in [-0.15, -0.1) is 12.4 Å². The average Bonchev–Trinajstić information content (AvgIpc) is 2.42. The number of anilines is 1. The van der Waals surface area contributed by atoms with Gasteiger partial charge in [-0.05, 0) is 20.9 Å². The first-order valence-corrected chi connectivity index (χ1v) is 5.01. The summed E-state index contributed by atoms with van der Waals surface area (Å²) < 4.78 is 1.70. The van der Waals surface area contributed by atoms with Crippen molar-refractivity contribution in [1.82, 2.24) is 15.1 Å². The zero-order valence-electron chi connectivity index (χ0n) is 10.1. The van der Waals surface area contributed by atoms with Crippen LogP contribution in [0.4, 0.5) is 5.82 Å². The lowest BCUT2D eigenvalue weighted by molar-refractivity contribution is -0.116. The molecule has 0 unspecified atom stereocenters. The Morgan fingerprint density at radius 1 is 1.44 bits per heavy atom. The highest BCUT2D eigenvalue weighted by Crippen LogP contribution is 2.16. The molecule has 0 spiro atoms. The fourth-order valence-electron chi connectivity index (χ4n) is 1.37. The van der Waals surface area contributed by atoms with Crippen LogP contribution in [0.3, 0.4) is 0 Å². The van der Waals surface area contributed by atoms with Crippen LogP contribution >= 0.6 is 12.4 Å². The van der Waals surface area contributed by atoms with Crippen LogP contribution in [0.25, 0.3) is 0 Å². The Balaban J connectivity index is 0.00000225.